The molecule has 0 radical (unpaired) electrons. The van der Waals surface area contributed by atoms with Crippen molar-refractivity contribution < 1.29 is 101 Å². The summed E-state index contributed by atoms with van der Waals surface area (Å²) in [6, 6.07) is 18.5. The fraction of sp³-hybridized carbons (Fsp3) is 0.250. The standard InChI is InChI=1S/C21H10F12O5.C19H20N2O5/c22-18(23,24)10-3-1-4-11(19(25,26)27)14(10)16(35)37-7-9(34)8-38-17(36)15-12(20(28,29)30)5-2-6-13(15)21(31,32)33;22-17(23)12-20-18(24)16(11-14-7-3-1-4-8-14)21-19(25)26-13-15-9-5-2-6-10-15/h1-6H,7-8H2;1-10,16H,11-13H2,(H,20,24)(H,21,25)(H,22,23)/t;16-/m.0/s1. The van der Waals surface area contributed by atoms with Gasteiger partial charge in [-0.15, -0.1) is 0 Å². The van der Waals surface area contributed by atoms with Crippen LogP contribution in [0.2, 0.25) is 0 Å². The lowest BCUT2D eigenvalue weighted by Crippen LogP contribution is -2.49. The van der Waals surface area contributed by atoms with E-state index in [0.717, 1.165) is 11.1 Å². The van der Waals surface area contributed by atoms with Crippen molar-refractivity contribution in [3.05, 3.63) is 142 Å². The molecule has 0 spiro atoms. The number of esters is 2. The molecule has 0 aromatic heterocycles. The number of rotatable bonds is 14. The molecule has 3 N–H and O–H groups in total. The van der Waals surface area contributed by atoms with E-state index in [4.69, 9.17) is 9.84 Å². The van der Waals surface area contributed by atoms with E-state index in [1.807, 2.05) is 60.7 Å². The maximum absolute atomic E-state index is 13.1. The van der Waals surface area contributed by atoms with Gasteiger partial charge in [-0.3, -0.25) is 14.4 Å². The molecule has 0 saturated carbocycles. The van der Waals surface area contributed by atoms with Gasteiger partial charge in [0.2, 0.25) is 11.7 Å². The van der Waals surface area contributed by atoms with Crippen LogP contribution in [0.5, 0.6) is 0 Å². The number of carboxylic acids is 1. The number of aliphatic carboxylic acids is 1. The first kappa shape index (κ1) is 51.2. The minimum Gasteiger partial charge on any atom is -0.480 e. The summed E-state index contributed by atoms with van der Waals surface area (Å²) in [4.78, 5) is 70.7. The SMILES string of the molecule is O=C(COC(=O)c1c(C(F)(F)F)cccc1C(F)(F)F)COC(=O)c1c(C(F)(F)F)cccc1C(F)(F)F.O=C(O)CNC(=O)[C@H](Cc1ccccc1)NC(=O)OCc1ccccc1. The summed E-state index contributed by atoms with van der Waals surface area (Å²) in [6.07, 6.45) is -22.4. The van der Waals surface area contributed by atoms with Crippen LogP contribution in [-0.2, 0) is 66.3 Å². The van der Waals surface area contributed by atoms with E-state index in [-0.39, 0.29) is 37.3 Å². The molecule has 4 aromatic rings. The van der Waals surface area contributed by atoms with Crippen LogP contribution in [0, 0.1) is 0 Å². The predicted molar refractivity (Wildman–Crippen MR) is 193 cm³/mol. The van der Waals surface area contributed by atoms with Gasteiger partial charge in [0.15, 0.2) is 13.2 Å². The van der Waals surface area contributed by atoms with Crippen LogP contribution < -0.4 is 10.6 Å². The summed E-state index contributed by atoms with van der Waals surface area (Å²) < 4.78 is 171. The molecule has 0 unspecified atom stereocenters. The number of hydrogen-bond donors (Lipinski definition) is 3. The maximum Gasteiger partial charge on any atom is 0.417 e. The third-order valence-corrected chi connectivity index (χ3v) is 8.01. The monoisotopic (exact) mass is 926 g/mol. The molecule has 2 amide bonds. The predicted octanol–water partition coefficient (Wildman–Crippen LogP) is 8.07. The highest BCUT2D eigenvalue weighted by atomic mass is 19.4. The van der Waals surface area contributed by atoms with Crippen molar-refractivity contribution >= 4 is 35.7 Å². The zero-order valence-electron chi connectivity index (χ0n) is 32.0. The smallest absolute Gasteiger partial charge is 0.417 e. The number of carboxylic acid groups (broad SMARTS) is 1. The lowest BCUT2D eigenvalue weighted by molar-refractivity contribution is -0.145. The summed E-state index contributed by atoms with van der Waals surface area (Å²) in [5, 5.41) is 13.5. The number of carbonyl (C=O) groups is 6. The molecule has 4 aromatic carbocycles. The van der Waals surface area contributed by atoms with E-state index in [1.54, 1.807) is 0 Å². The summed E-state index contributed by atoms with van der Waals surface area (Å²) in [7, 11) is 0. The van der Waals surface area contributed by atoms with Crippen molar-refractivity contribution in [1.82, 2.24) is 10.6 Å². The summed E-state index contributed by atoms with van der Waals surface area (Å²) in [6.45, 7) is -3.75. The molecule has 0 aliphatic carbocycles. The van der Waals surface area contributed by atoms with Crippen molar-refractivity contribution in [2.75, 3.05) is 19.8 Å². The molecule has 1 atom stereocenters. The maximum atomic E-state index is 13.1. The van der Waals surface area contributed by atoms with Gasteiger partial charge in [0.05, 0.1) is 33.4 Å². The second-order valence-electron chi connectivity index (χ2n) is 12.7. The number of halogens is 12. The zero-order chi connectivity index (χ0) is 48.0. The first-order valence-electron chi connectivity index (χ1n) is 17.6. The molecule has 4 rings (SSSR count). The first-order valence-corrected chi connectivity index (χ1v) is 17.6. The molecule has 24 heteroatoms. The Kier molecular flexibility index (Phi) is 17.4. The molecular weight excluding hydrogens is 896 g/mol. The molecule has 0 aliphatic heterocycles. The van der Waals surface area contributed by atoms with Gasteiger partial charge in [-0.25, -0.2) is 14.4 Å². The number of benzene rings is 4. The van der Waals surface area contributed by atoms with E-state index in [0.29, 0.717) is 12.1 Å². The molecule has 64 heavy (non-hydrogen) atoms. The van der Waals surface area contributed by atoms with Crippen LogP contribution in [0.25, 0.3) is 0 Å². The van der Waals surface area contributed by atoms with E-state index < -0.39 is 120 Å². The van der Waals surface area contributed by atoms with Crippen molar-refractivity contribution in [1.29, 1.82) is 0 Å². The van der Waals surface area contributed by atoms with Crippen LogP contribution in [0.15, 0.2) is 97.1 Å². The Morgan fingerprint density at radius 1 is 0.516 bits per heavy atom. The Balaban J connectivity index is 0.000000365. The average Bonchev–Trinajstić information content (AvgIpc) is 3.22. The molecule has 0 heterocycles. The van der Waals surface area contributed by atoms with Crippen molar-refractivity contribution in [2.45, 2.75) is 43.8 Å². The number of carbonyl (C=O) groups excluding carboxylic acids is 5. The highest BCUT2D eigenvalue weighted by molar-refractivity contribution is 5.97. The van der Waals surface area contributed by atoms with Crippen LogP contribution >= 0.6 is 0 Å². The van der Waals surface area contributed by atoms with E-state index in [1.165, 1.54) is 0 Å². The topological polar surface area (TPSA) is 174 Å². The largest absolute Gasteiger partial charge is 0.480 e. The third kappa shape index (κ3) is 15.6. The van der Waals surface area contributed by atoms with Crippen molar-refractivity contribution in [3.8, 4) is 0 Å². The lowest BCUT2D eigenvalue weighted by atomic mass is 10.00. The quantitative estimate of drug-likeness (QED) is 0.0638. The fourth-order valence-corrected chi connectivity index (χ4v) is 5.22. The van der Waals surface area contributed by atoms with E-state index in [2.05, 4.69) is 20.1 Å². The van der Waals surface area contributed by atoms with Gasteiger partial charge in [-0.1, -0.05) is 72.8 Å². The number of nitrogens with one attached hydrogen (secondary N) is 2. The molecule has 12 nitrogen and oxygen atoms in total. The van der Waals surface area contributed by atoms with Crippen LogP contribution in [-0.4, -0.2) is 66.6 Å². The van der Waals surface area contributed by atoms with Gasteiger partial charge in [0.25, 0.3) is 0 Å². The molecule has 0 bridgehead atoms. The molecule has 0 fully saturated rings. The highest BCUT2D eigenvalue weighted by Crippen LogP contribution is 2.41. The Labute approximate surface area is 352 Å². The number of hydrogen-bond acceptors (Lipinski definition) is 9. The van der Waals surface area contributed by atoms with Gasteiger partial charge < -0.3 is 30.0 Å². The summed E-state index contributed by atoms with van der Waals surface area (Å²) in [5.41, 5.74) is -10.7. The first-order chi connectivity index (χ1) is 29.7. The van der Waals surface area contributed by atoms with Crippen LogP contribution in [0.3, 0.4) is 0 Å². The normalized spacial score (nSPS) is 12.1. The fourth-order valence-electron chi connectivity index (χ4n) is 5.22. The number of alkyl halides is 12. The molecule has 344 valence electrons. The highest BCUT2D eigenvalue weighted by Gasteiger charge is 2.45. The zero-order valence-corrected chi connectivity index (χ0v) is 32.0. The number of amides is 2. The second kappa shape index (κ2) is 21.8. The second-order valence-corrected chi connectivity index (χ2v) is 12.7. The van der Waals surface area contributed by atoms with Gasteiger partial charge in [0, 0.05) is 6.42 Å². The Morgan fingerprint density at radius 3 is 1.25 bits per heavy atom. The Morgan fingerprint density at radius 2 is 0.891 bits per heavy atom. The third-order valence-electron chi connectivity index (χ3n) is 8.01. The van der Waals surface area contributed by atoms with Gasteiger partial charge in [0.1, 0.15) is 19.2 Å². The summed E-state index contributed by atoms with van der Waals surface area (Å²) >= 11 is 0. The number of Topliss-reactive ketones (excluding diaryl/α,β-unsaturated/α-hetero) is 1. The van der Waals surface area contributed by atoms with Crippen LogP contribution in [0.1, 0.15) is 54.1 Å². The van der Waals surface area contributed by atoms with Crippen molar-refractivity contribution in [2.24, 2.45) is 0 Å². The Bertz CT molecular complexity index is 2120. The number of ketones is 1. The van der Waals surface area contributed by atoms with Gasteiger partial charge in [-0.2, -0.15) is 52.7 Å². The van der Waals surface area contributed by atoms with Crippen LogP contribution in [0.4, 0.5) is 57.5 Å². The Hall–Kier alpha value is -7.14. The summed E-state index contributed by atoms with van der Waals surface area (Å²) in [5.74, 6) is -7.93. The number of ether oxygens (including phenoxy) is 3. The lowest BCUT2D eigenvalue weighted by Gasteiger charge is -2.18. The van der Waals surface area contributed by atoms with Gasteiger partial charge in [-0.05, 0) is 35.4 Å². The minimum absolute atomic E-state index is 0.0709. The minimum atomic E-state index is -5.47. The number of alkyl carbamates (subject to hydrolysis) is 1. The average molecular weight is 927 g/mol. The van der Waals surface area contributed by atoms with E-state index in [9.17, 15) is 81.5 Å². The van der Waals surface area contributed by atoms with Crippen molar-refractivity contribution in [3.63, 3.8) is 0 Å². The molecule has 0 saturated heterocycles. The molecular formula is C40H30F12N2O10. The van der Waals surface area contributed by atoms with Gasteiger partial charge >= 0.3 is 48.7 Å². The molecule has 0 aliphatic rings. The van der Waals surface area contributed by atoms with E-state index >= 15 is 0 Å².